The van der Waals surface area contributed by atoms with Crippen LogP contribution in [0.3, 0.4) is 0 Å². The Hall–Kier alpha value is -4.19. The van der Waals surface area contributed by atoms with Gasteiger partial charge in [0.15, 0.2) is 0 Å². The van der Waals surface area contributed by atoms with Crippen LogP contribution in [0.2, 0.25) is 0 Å². The molecule has 5 rings (SSSR count). The highest BCUT2D eigenvalue weighted by Crippen LogP contribution is 2.31. The van der Waals surface area contributed by atoms with E-state index in [1.165, 1.54) is 6.07 Å². The van der Waals surface area contributed by atoms with E-state index in [4.69, 9.17) is 5.73 Å². The molecule has 6 heteroatoms. The fourth-order valence-corrected chi connectivity index (χ4v) is 5.08. The Morgan fingerprint density at radius 2 is 1.89 bits per heavy atom. The van der Waals surface area contributed by atoms with Crippen molar-refractivity contribution in [3.63, 3.8) is 0 Å². The molecule has 1 aliphatic heterocycles. The van der Waals surface area contributed by atoms with Crippen molar-refractivity contribution in [1.82, 2.24) is 5.32 Å². The predicted octanol–water partition coefficient (Wildman–Crippen LogP) is 5.55. The van der Waals surface area contributed by atoms with Crippen molar-refractivity contribution < 1.29 is 14.0 Å². The molecule has 3 aromatic rings. The maximum atomic E-state index is 14.9. The summed E-state index contributed by atoms with van der Waals surface area (Å²) in [6, 6.07) is 17.8. The first-order valence-corrected chi connectivity index (χ1v) is 12.7. The van der Waals surface area contributed by atoms with Gasteiger partial charge in [-0.25, -0.2) is 4.39 Å². The molecule has 0 atom stereocenters. The van der Waals surface area contributed by atoms with Crippen molar-refractivity contribution in [3.8, 4) is 11.1 Å². The number of benzene rings is 3. The Morgan fingerprint density at radius 3 is 2.70 bits per heavy atom. The molecule has 0 aromatic heterocycles. The van der Waals surface area contributed by atoms with Crippen molar-refractivity contribution in [2.24, 2.45) is 5.73 Å². The lowest BCUT2D eigenvalue weighted by atomic mass is 9.96. The summed E-state index contributed by atoms with van der Waals surface area (Å²) in [5.74, 6) is -0.903. The van der Waals surface area contributed by atoms with Gasteiger partial charge in [-0.2, -0.15) is 0 Å². The molecule has 2 aliphatic rings. The van der Waals surface area contributed by atoms with Crippen molar-refractivity contribution in [3.05, 3.63) is 113 Å². The molecular weight excluding hydrogens is 465 g/mol. The molecule has 2 amide bonds. The van der Waals surface area contributed by atoms with Gasteiger partial charge in [0, 0.05) is 42.0 Å². The molecule has 0 saturated heterocycles. The monoisotopic (exact) mass is 495 g/mol. The summed E-state index contributed by atoms with van der Waals surface area (Å²) in [5.41, 5.74) is 11.8. The average molecular weight is 496 g/mol. The molecule has 0 fully saturated rings. The number of nitrogens with zero attached hydrogens (tertiary/aromatic N) is 1. The maximum absolute atomic E-state index is 14.9. The zero-order chi connectivity index (χ0) is 25.8. The first-order valence-electron chi connectivity index (χ1n) is 12.7. The van der Waals surface area contributed by atoms with E-state index in [0.29, 0.717) is 35.3 Å². The highest BCUT2D eigenvalue weighted by molar-refractivity contribution is 5.99. The van der Waals surface area contributed by atoms with E-state index in [0.717, 1.165) is 54.6 Å². The summed E-state index contributed by atoms with van der Waals surface area (Å²) in [4.78, 5) is 26.8. The minimum absolute atomic E-state index is 0.0911. The van der Waals surface area contributed by atoms with Crippen LogP contribution in [0.4, 0.5) is 10.1 Å². The van der Waals surface area contributed by atoms with E-state index in [-0.39, 0.29) is 11.7 Å². The largest absolute Gasteiger partial charge is 0.367 e. The van der Waals surface area contributed by atoms with Gasteiger partial charge in [0.05, 0.1) is 0 Å². The molecule has 3 aromatic carbocycles. The molecule has 1 aliphatic carbocycles. The Kier molecular flexibility index (Phi) is 7.17. The second kappa shape index (κ2) is 10.8. The number of halogens is 1. The van der Waals surface area contributed by atoms with Gasteiger partial charge in [-0.15, -0.1) is 0 Å². The SMILES string of the molecule is NC(=O)c1ccccc1-c1ccc(F)c(CN2CCCc3cc(C(=O)NCC4=CCCC=C4)ccc32)c1. The van der Waals surface area contributed by atoms with Crippen LogP contribution >= 0.6 is 0 Å². The van der Waals surface area contributed by atoms with Crippen LogP contribution in [0.5, 0.6) is 0 Å². The number of carbonyl (C=O) groups excluding carboxylic acids is 2. The Bertz CT molecular complexity index is 1410. The maximum Gasteiger partial charge on any atom is 0.251 e. The van der Waals surface area contributed by atoms with Crippen molar-refractivity contribution in [2.75, 3.05) is 18.0 Å². The third-order valence-electron chi connectivity index (χ3n) is 6.99. The number of nitrogens with one attached hydrogen (secondary N) is 1. The van der Waals surface area contributed by atoms with E-state index in [2.05, 4.69) is 28.4 Å². The number of carbonyl (C=O) groups is 2. The third-order valence-corrected chi connectivity index (χ3v) is 6.99. The highest BCUT2D eigenvalue weighted by Gasteiger charge is 2.21. The number of nitrogens with two attached hydrogens (primary N) is 1. The molecule has 1 heterocycles. The Balaban J connectivity index is 1.35. The predicted molar refractivity (Wildman–Crippen MR) is 145 cm³/mol. The van der Waals surface area contributed by atoms with Crippen molar-refractivity contribution >= 4 is 17.5 Å². The molecule has 0 saturated carbocycles. The fourth-order valence-electron chi connectivity index (χ4n) is 5.08. The average Bonchev–Trinajstić information content (AvgIpc) is 2.93. The van der Waals surface area contributed by atoms with Crippen LogP contribution < -0.4 is 16.0 Å². The van der Waals surface area contributed by atoms with Gasteiger partial charge < -0.3 is 16.0 Å². The Morgan fingerprint density at radius 1 is 1.03 bits per heavy atom. The lowest BCUT2D eigenvalue weighted by Crippen LogP contribution is -2.30. The lowest BCUT2D eigenvalue weighted by molar-refractivity contribution is 0.0955. The van der Waals surface area contributed by atoms with Crippen molar-refractivity contribution in [1.29, 1.82) is 0 Å². The summed E-state index contributed by atoms with van der Waals surface area (Å²) in [5, 5.41) is 3.01. The third kappa shape index (κ3) is 5.48. The van der Waals surface area contributed by atoms with E-state index >= 15 is 0 Å². The minimum atomic E-state index is -0.516. The summed E-state index contributed by atoms with van der Waals surface area (Å²) in [7, 11) is 0. The van der Waals surface area contributed by atoms with Gasteiger partial charge in [0.1, 0.15) is 5.82 Å². The standard InChI is InChI=1S/C31H30FN3O2/c32-28-14-12-22(26-10-4-5-11-27(26)30(33)36)17-25(28)20-35-16-6-9-23-18-24(13-15-29(23)35)31(37)34-19-21-7-2-1-3-8-21/h2,4-5,7-8,10-15,17-18H,1,3,6,9,16,19-20H2,(H2,33,36)(H,34,37). The molecule has 0 spiro atoms. The van der Waals surface area contributed by atoms with Gasteiger partial charge >= 0.3 is 0 Å². The number of rotatable bonds is 7. The summed E-state index contributed by atoms with van der Waals surface area (Å²) < 4.78 is 14.9. The van der Waals surface area contributed by atoms with E-state index in [1.54, 1.807) is 24.3 Å². The number of fused-ring (bicyclic) bond motifs is 1. The van der Waals surface area contributed by atoms with Crippen LogP contribution in [0, 0.1) is 5.82 Å². The smallest absolute Gasteiger partial charge is 0.251 e. The number of hydrogen-bond donors (Lipinski definition) is 2. The summed E-state index contributed by atoms with van der Waals surface area (Å²) in [6.07, 6.45) is 10.2. The number of amides is 2. The minimum Gasteiger partial charge on any atom is -0.367 e. The number of hydrogen-bond acceptors (Lipinski definition) is 3. The van der Waals surface area contributed by atoms with Gasteiger partial charge in [-0.1, -0.05) is 42.5 Å². The van der Waals surface area contributed by atoms with E-state index in [1.807, 2.05) is 30.3 Å². The lowest BCUT2D eigenvalue weighted by Gasteiger charge is -2.32. The van der Waals surface area contributed by atoms with Gasteiger partial charge in [-0.05, 0) is 84.3 Å². The fraction of sp³-hybridized carbons (Fsp3) is 0.226. The molecule has 37 heavy (non-hydrogen) atoms. The molecule has 188 valence electrons. The Labute approximate surface area is 216 Å². The van der Waals surface area contributed by atoms with Gasteiger partial charge in [0.25, 0.3) is 5.91 Å². The normalized spacial score (nSPS) is 14.6. The van der Waals surface area contributed by atoms with Crippen LogP contribution in [-0.4, -0.2) is 24.9 Å². The second-order valence-corrected chi connectivity index (χ2v) is 9.53. The molecule has 0 radical (unpaired) electrons. The van der Waals surface area contributed by atoms with Gasteiger partial charge in [0.2, 0.25) is 5.91 Å². The molecular formula is C31H30FN3O2. The molecule has 5 nitrogen and oxygen atoms in total. The second-order valence-electron chi connectivity index (χ2n) is 9.53. The van der Waals surface area contributed by atoms with Crippen LogP contribution in [0.1, 0.15) is 51.1 Å². The zero-order valence-electron chi connectivity index (χ0n) is 20.7. The first-order chi connectivity index (χ1) is 18.0. The summed E-state index contributed by atoms with van der Waals surface area (Å²) >= 11 is 0. The van der Waals surface area contributed by atoms with Gasteiger partial charge in [-0.3, -0.25) is 9.59 Å². The van der Waals surface area contributed by atoms with Crippen LogP contribution in [0.15, 0.2) is 84.5 Å². The molecule has 0 bridgehead atoms. The van der Waals surface area contributed by atoms with Crippen LogP contribution in [0.25, 0.3) is 11.1 Å². The number of anilines is 1. The number of aryl methyl sites for hydroxylation is 1. The molecule has 0 unspecified atom stereocenters. The van der Waals surface area contributed by atoms with Crippen molar-refractivity contribution in [2.45, 2.75) is 32.2 Å². The van der Waals surface area contributed by atoms with E-state index < -0.39 is 5.91 Å². The van der Waals surface area contributed by atoms with E-state index in [9.17, 15) is 14.0 Å². The topological polar surface area (TPSA) is 75.4 Å². The first kappa shape index (κ1) is 24.5. The molecule has 3 N–H and O–H groups in total. The quantitative estimate of drug-likeness (QED) is 0.451. The zero-order valence-corrected chi connectivity index (χ0v) is 20.7. The number of primary amides is 1. The summed E-state index contributed by atoms with van der Waals surface area (Å²) in [6.45, 7) is 1.70. The highest BCUT2D eigenvalue weighted by atomic mass is 19.1. The van der Waals surface area contributed by atoms with Crippen LogP contribution in [-0.2, 0) is 13.0 Å². The number of allylic oxidation sites excluding steroid dienone is 2.